The molecular formula is C17H19Cl2NO. The van der Waals surface area contributed by atoms with Crippen LogP contribution < -0.4 is 10.1 Å². The van der Waals surface area contributed by atoms with E-state index in [-0.39, 0.29) is 6.04 Å². The van der Waals surface area contributed by atoms with E-state index in [0.717, 1.165) is 30.0 Å². The van der Waals surface area contributed by atoms with Gasteiger partial charge >= 0.3 is 0 Å². The second-order valence-corrected chi connectivity index (χ2v) is 5.75. The number of hydrogen-bond donors (Lipinski definition) is 1. The summed E-state index contributed by atoms with van der Waals surface area (Å²) in [5.41, 5.74) is 2.02. The highest BCUT2D eigenvalue weighted by atomic mass is 35.5. The number of halogens is 2. The van der Waals surface area contributed by atoms with Crippen LogP contribution in [0.1, 0.15) is 31.9 Å². The molecule has 0 amide bonds. The molecule has 21 heavy (non-hydrogen) atoms. The van der Waals surface area contributed by atoms with Gasteiger partial charge in [-0.2, -0.15) is 0 Å². The Morgan fingerprint density at radius 3 is 2.67 bits per heavy atom. The Hall–Kier alpha value is -1.38. The van der Waals surface area contributed by atoms with Crippen molar-refractivity contribution in [3.8, 4) is 5.75 Å². The van der Waals surface area contributed by atoms with Gasteiger partial charge in [-0.3, -0.25) is 0 Å². The highest BCUT2D eigenvalue weighted by Gasteiger charge is 2.10. The van der Waals surface area contributed by atoms with Gasteiger partial charge in [0.05, 0.1) is 6.61 Å². The summed E-state index contributed by atoms with van der Waals surface area (Å²) in [6, 6.07) is 13.6. The van der Waals surface area contributed by atoms with Crippen LogP contribution in [0.3, 0.4) is 0 Å². The molecule has 0 aromatic heterocycles. The summed E-state index contributed by atoms with van der Waals surface area (Å²) in [7, 11) is 0. The zero-order chi connectivity index (χ0) is 15.2. The Morgan fingerprint density at radius 1 is 1.14 bits per heavy atom. The molecular weight excluding hydrogens is 305 g/mol. The van der Waals surface area contributed by atoms with Crippen molar-refractivity contribution < 1.29 is 4.74 Å². The van der Waals surface area contributed by atoms with Crippen LogP contribution in [-0.4, -0.2) is 6.61 Å². The predicted octanol–water partition coefficient (Wildman–Crippen LogP) is 5.96. The van der Waals surface area contributed by atoms with Gasteiger partial charge in [0.25, 0.3) is 0 Å². The van der Waals surface area contributed by atoms with Crippen LogP contribution in [0.15, 0.2) is 42.5 Å². The maximum atomic E-state index is 6.24. The average molecular weight is 324 g/mol. The quantitative estimate of drug-likeness (QED) is 0.708. The Balaban J connectivity index is 2.10. The van der Waals surface area contributed by atoms with Gasteiger partial charge < -0.3 is 10.1 Å². The smallest absolute Gasteiger partial charge is 0.121 e. The largest absolute Gasteiger partial charge is 0.494 e. The van der Waals surface area contributed by atoms with Gasteiger partial charge in [0, 0.05) is 27.8 Å². The second-order valence-electron chi connectivity index (χ2n) is 4.91. The molecule has 1 atom stereocenters. The molecule has 4 heteroatoms. The number of ether oxygens (including phenoxy) is 1. The van der Waals surface area contributed by atoms with Gasteiger partial charge in [-0.1, -0.05) is 42.3 Å². The summed E-state index contributed by atoms with van der Waals surface area (Å²) >= 11 is 12.2. The number of rotatable bonds is 6. The maximum Gasteiger partial charge on any atom is 0.121 e. The molecule has 1 unspecified atom stereocenters. The lowest BCUT2D eigenvalue weighted by molar-refractivity contribution is 0.317. The molecule has 1 N–H and O–H groups in total. The molecule has 2 aromatic rings. The van der Waals surface area contributed by atoms with Crippen molar-refractivity contribution in [2.45, 2.75) is 26.3 Å². The molecule has 0 aliphatic rings. The second kappa shape index (κ2) is 7.58. The summed E-state index contributed by atoms with van der Waals surface area (Å²) in [6.07, 6.45) is 0.994. The molecule has 0 aliphatic carbocycles. The van der Waals surface area contributed by atoms with Crippen molar-refractivity contribution in [1.29, 1.82) is 0 Å². The molecule has 112 valence electrons. The lowest BCUT2D eigenvalue weighted by atomic mass is 10.1. The van der Waals surface area contributed by atoms with Crippen LogP contribution in [0.2, 0.25) is 10.0 Å². The first kappa shape index (κ1) is 16.0. The van der Waals surface area contributed by atoms with Crippen LogP contribution in [0.25, 0.3) is 0 Å². The van der Waals surface area contributed by atoms with Gasteiger partial charge in [0.1, 0.15) is 5.75 Å². The van der Waals surface area contributed by atoms with Crippen LogP contribution in [0.4, 0.5) is 5.69 Å². The summed E-state index contributed by atoms with van der Waals surface area (Å²) in [5, 5.41) is 4.74. The molecule has 0 heterocycles. The molecule has 0 fully saturated rings. The SMILES string of the molecule is CCCOc1cccc(NC(C)c2ccc(Cl)cc2Cl)c1. The monoisotopic (exact) mass is 323 g/mol. The standard InChI is InChI=1S/C17H19Cl2NO/c1-3-9-21-15-6-4-5-14(11-15)20-12(2)16-8-7-13(18)10-17(16)19/h4-8,10-12,20H,3,9H2,1-2H3. The van der Waals surface area contributed by atoms with Gasteiger partial charge in [0.15, 0.2) is 0 Å². The summed E-state index contributed by atoms with van der Waals surface area (Å²) in [5.74, 6) is 0.872. The van der Waals surface area contributed by atoms with E-state index in [1.54, 1.807) is 6.07 Å². The van der Waals surface area contributed by atoms with E-state index in [4.69, 9.17) is 27.9 Å². The summed E-state index contributed by atoms with van der Waals surface area (Å²) in [6.45, 7) is 4.88. The van der Waals surface area contributed by atoms with E-state index < -0.39 is 0 Å². The molecule has 0 saturated carbocycles. The maximum absolute atomic E-state index is 6.24. The topological polar surface area (TPSA) is 21.3 Å². The molecule has 2 rings (SSSR count). The summed E-state index contributed by atoms with van der Waals surface area (Å²) in [4.78, 5) is 0. The molecule has 0 aliphatic heterocycles. The van der Waals surface area contributed by atoms with Crippen LogP contribution in [0, 0.1) is 0 Å². The van der Waals surface area contributed by atoms with Crippen LogP contribution in [-0.2, 0) is 0 Å². The minimum atomic E-state index is 0.0798. The van der Waals surface area contributed by atoms with Crippen molar-refractivity contribution in [3.63, 3.8) is 0 Å². The Morgan fingerprint density at radius 2 is 1.95 bits per heavy atom. The van der Waals surface area contributed by atoms with Crippen LogP contribution >= 0.6 is 23.2 Å². The van der Waals surface area contributed by atoms with Gasteiger partial charge in [-0.05, 0) is 43.2 Å². The fourth-order valence-electron chi connectivity index (χ4n) is 2.08. The van der Waals surface area contributed by atoms with E-state index in [2.05, 4.69) is 19.2 Å². The van der Waals surface area contributed by atoms with Crippen molar-refractivity contribution in [2.24, 2.45) is 0 Å². The average Bonchev–Trinajstić information content (AvgIpc) is 2.45. The minimum absolute atomic E-state index is 0.0798. The summed E-state index contributed by atoms with van der Waals surface area (Å²) < 4.78 is 5.64. The fraction of sp³-hybridized carbons (Fsp3) is 0.294. The zero-order valence-electron chi connectivity index (χ0n) is 12.2. The van der Waals surface area contributed by atoms with E-state index in [1.807, 2.05) is 36.4 Å². The third-order valence-electron chi connectivity index (χ3n) is 3.12. The zero-order valence-corrected chi connectivity index (χ0v) is 13.7. The fourth-order valence-corrected chi connectivity index (χ4v) is 2.65. The van der Waals surface area contributed by atoms with Gasteiger partial charge in [-0.25, -0.2) is 0 Å². The van der Waals surface area contributed by atoms with Crippen molar-refractivity contribution in [3.05, 3.63) is 58.1 Å². The third kappa shape index (κ3) is 4.55. The molecule has 0 saturated heterocycles. The van der Waals surface area contributed by atoms with Crippen molar-refractivity contribution in [2.75, 3.05) is 11.9 Å². The highest BCUT2D eigenvalue weighted by Crippen LogP contribution is 2.29. The number of benzene rings is 2. The molecule has 0 spiro atoms. The van der Waals surface area contributed by atoms with E-state index in [1.165, 1.54) is 0 Å². The lowest BCUT2D eigenvalue weighted by Gasteiger charge is -2.18. The minimum Gasteiger partial charge on any atom is -0.494 e. The lowest BCUT2D eigenvalue weighted by Crippen LogP contribution is -2.07. The predicted molar refractivity (Wildman–Crippen MR) is 90.7 cm³/mol. The van der Waals surface area contributed by atoms with Crippen molar-refractivity contribution >= 4 is 28.9 Å². The Bertz CT molecular complexity index is 601. The molecule has 0 bridgehead atoms. The normalized spacial score (nSPS) is 12.0. The Labute approximate surface area is 136 Å². The molecule has 2 nitrogen and oxygen atoms in total. The van der Waals surface area contributed by atoms with E-state index in [0.29, 0.717) is 10.0 Å². The number of anilines is 1. The first-order valence-electron chi connectivity index (χ1n) is 7.04. The Kier molecular flexibility index (Phi) is 5.77. The van der Waals surface area contributed by atoms with Crippen molar-refractivity contribution in [1.82, 2.24) is 0 Å². The van der Waals surface area contributed by atoms with Crippen LogP contribution in [0.5, 0.6) is 5.75 Å². The molecule has 2 aromatic carbocycles. The highest BCUT2D eigenvalue weighted by molar-refractivity contribution is 6.35. The number of hydrogen-bond acceptors (Lipinski definition) is 2. The van der Waals surface area contributed by atoms with E-state index >= 15 is 0 Å². The molecule has 0 radical (unpaired) electrons. The van der Waals surface area contributed by atoms with E-state index in [9.17, 15) is 0 Å². The first-order chi connectivity index (χ1) is 10.1. The first-order valence-corrected chi connectivity index (χ1v) is 7.80. The third-order valence-corrected chi connectivity index (χ3v) is 3.68. The van der Waals surface area contributed by atoms with Gasteiger partial charge in [0.2, 0.25) is 0 Å². The van der Waals surface area contributed by atoms with Gasteiger partial charge in [-0.15, -0.1) is 0 Å². The number of nitrogens with one attached hydrogen (secondary N) is 1.